The maximum absolute atomic E-state index is 5.56. The Bertz CT molecular complexity index is 251. The molecule has 0 bridgehead atoms. The number of hydrogen-bond donors (Lipinski definition) is 0. The third kappa shape index (κ3) is 4.85. The molecule has 1 rings (SSSR count). The summed E-state index contributed by atoms with van der Waals surface area (Å²) < 4.78 is 5.56. The molecule has 0 N–H and O–H groups in total. The van der Waals surface area contributed by atoms with Crippen molar-refractivity contribution in [2.75, 3.05) is 6.61 Å². The Morgan fingerprint density at radius 2 is 1.86 bits per heavy atom. The molecule has 1 heterocycles. The summed E-state index contributed by atoms with van der Waals surface area (Å²) in [6.07, 6.45) is 5.79. The predicted molar refractivity (Wildman–Crippen MR) is 58.4 cm³/mol. The van der Waals surface area contributed by atoms with E-state index in [1.165, 1.54) is 6.42 Å². The molecule has 0 saturated heterocycles. The Morgan fingerprint density at radius 3 is 2.43 bits per heavy atom. The van der Waals surface area contributed by atoms with Crippen molar-refractivity contribution in [1.82, 2.24) is 4.98 Å². The summed E-state index contributed by atoms with van der Waals surface area (Å²) in [6, 6.07) is 3.77. The van der Waals surface area contributed by atoms with Crippen LogP contribution in [0.1, 0.15) is 33.6 Å². The molecule has 14 heavy (non-hydrogen) atoms. The van der Waals surface area contributed by atoms with Gasteiger partial charge in [0.15, 0.2) is 0 Å². The van der Waals surface area contributed by atoms with Gasteiger partial charge in [0.2, 0.25) is 0 Å². The van der Waals surface area contributed by atoms with Crippen LogP contribution >= 0.6 is 0 Å². The van der Waals surface area contributed by atoms with Crippen LogP contribution < -0.4 is 4.74 Å². The Balaban J connectivity index is 2.17. The van der Waals surface area contributed by atoms with E-state index in [4.69, 9.17) is 4.74 Å². The molecule has 1 aromatic rings. The number of nitrogens with zero attached hydrogens (tertiary/aromatic N) is 1. The lowest BCUT2D eigenvalue weighted by Gasteiger charge is -2.17. The monoisotopic (exact) mass is 193 g/mol. The van der Waals surface area contributed by atoms with Crippen LogP contribution in [-0.4, -0.2) is 11.6 Å². The van der Waals surface area contributed by atoms with Crippen molar-refractivity contribution in [3.8, 4) is 5.75 Å². The maximum Gasteiger partial charge on any atom is 0.122 e. The molecule has 0 fully saturated rings. The van der Waals surface area contributed by atoms with Gasteiger partial charge in [-0.05, 0) is 30.4 Å². The van der Waals surface area contributed by atoms with E-state index in [-0.39, 0.29) is 0 Å². The van der Waals surface area contributed by atoms with Gasteiger partial charge in [-0.15, -0.1) is 0 Å². The van der Waals surface area contributed by atoms with Crippen molar-refractivity contribution in [3.63, 3.8) is 0 Å². The highest BCUT2D eigenvalue weighted by molar-refractivity contribution is 5.16. The highest BCUT2D eigenvalue weighted by Gasteiger charge is 2.08. The van der Waals surface area contributed by atoms with E-state index in [1.807, 2.05) is 12.1 Å². The van der Waals surface area contributed by atoms with Gasteiger partial charge in [-0.2, -0.15) is 0 Å². The molecule has 0 aliphatic heterocycles. The molecule has 0 amide bonds. The lowest BCUT2D eigenvalue weighted by atomic mass is 9.91. The number of hydrogen-bond acceptors (Lipinski definition) is 2. The minimum atomic E-state index is 0.404. The zero-order valence-electron chi connectivity index (χ0n) is 9.29. The average molecular weight is 193 g/mol. The lowest BCUT2D eigenvalue weighted by molar-refractivity contribution is 0.269. The number of rotatable bonds is 4. The summed E-state index contributed by atoms with van der Waals surface area (Å²) in [5.41, 5.74) is 0.404. The van der Waals surface area contributed by atoms with E-state index < -0.39 is 0 Å². The van der Waals surface area contributed by atoms with Crippen LogP contribution in [-0.2, 0) is 0 Å². The first kappa shape index (κ1) is 11.0. The van der Waals surface area contributed by atoms with E-state index >= 15 is 0 Å². The molecule has 0 atom stereocenters. The molecule has 78 valence electrons. The van der Waals surface area contributed by atoms with Crippen LogP contribution in [0.2, 0.25) is 0 Å². The molecule has 0 spiro atoms. The van der Waals surface area contributed by atoms with Gasteiger partial charge in [0.25, 0.3) is 0 Å². The topological polar surface area (TPSA) is 22.1 Å². The van der Waals surface area contributed by atoms with Crippen LogP contribution in [0.4, 0.5) is 0 Å². The van der Waals surface area contributed by atoms with Crippen molar-refractivity contribution < 1.29 is 4.74 Å². The summed E-state index contributed by atoms with van der Waals surface area (Å²) in [5, 5.41) is 0. The fraction of sp³-hybridized carbons (Fsp3) is 0.583. The van der Waals surface area contributed by atoms with Gasteiger partial charge in [0.05, 0.1) is 6.61 Å². The van der Waals surface area contributed by atoms with Gasteiger partial charge >= 0.3 is 0 Å². The quantitative estimate of drug-likeness (QED) is 0.684. The van der Waals surface area contributed by atoms with E-state index in [2.05, 4.69) is 25.8 Å². The van der Waals surface area contributed by atoms with Gasteiger partial charge in [0, 0.05) is 12.4 Å². The Morgan fingerprint density at radius 1 is 1.21 bits per heavy atom. The van der Waals surface area contributed by atoms with Crippen molar-refractivity contribution in [2.45, 2.75) is 33.6 Å². The molecule has 0 aliphatic carbocycles. The van der Waals surface area contributed by atoms with Gasteiger partial charge in [-0.25, -0.2) is 0 Å². The van der Waals surface area contributed by atoms with Crippen molar-refractivity contribution >= 4 is 0 Å². The molecule has 1 aromatic heterocycles. The zero-order valence-corrected chi connectivity index (χ0v) is 9.29. The molecular weight excluding hydrogens is 174 g/mol. The largest absolute Gasteiger partial charge is 0.493 e. The molecule has 2 heteroatoms. The summed E-state index contributed by atoms with van der Waals surface area (Å²) in [7, 11) is 0. The minimum Gasteiger partial charge on any atom is -0.493 e. The van der Waals surface area contributed by atoms with Gasteiger partial charge in [-0.3, -0.25) is 4.98 Å². The highest BCUT2D eigenvalue weighted by Crippen LogP contribution is 2.20. The van der Waals surface area contributed by atoms with Gasteiger partial charge in [-0.1, -0.05) is 20.8 Å². The van der Waals surface area contributed by atoms with E-state index in [9.17, 15) is 0 Å². The first-order valence-electron chi connectivity index (χ1n) is 5.11. The maximum atomic E-state index is 5.56. The number of pyridine rings is 1. The summed E-state index contributed by atoms with van der Waals surface area (Å²) in [6.45, 7) is 7.54. The van der Waals surface area contributed by atoms with Crippen LogP contribution in [0, 0.1) is 5.41 Å². The zero-order chi connectivity index (χ0) is 10.4. The molecule has 0 saturated carbocycles. The Labute approximate surface area is 86.3 Å². The summed E-state index contributed by atoms with van der Waals surface area (Å²) >= 11 is 0. The van der Waals surface area contributed by atoms with Gasteiger partial charge < -0.3 is 4.74 Å². The normalized spacial score (nSPS) is 11.4. The van der Waals surface area contributed by atoms with E-state index in [0.717, 1.165) is 18.8 Å². The third-order valence-corrected chi connectivity index (χ3v) is 1.99. The number of ether oxygens (including phenoxy) is 1. The predicted octanol–water partition coefficient (Wildman–Crippen LogP) is 3.29. The first-order valence-corrected chi connectivity index (χ1v) is 5.11. The standard InChI is InChI=1S/C12H19NO/c1-12(2,3)7-4-10-14-11-5-8-13-9-6-11/h5-6,8-9H,4,7,10H2,1-3H3. The summed E-state index contributed by atoms with van der Waals surface area (Å²) in [5.74, 6) is 0.911. The van der Waals surface area contributed by atoms with Crippen LogP contribution in [0.25, 0.3) is 0 Å². The smallest absolute Gasteiger partial charge is 0.122 e. The average Bonchev–Trinajstić information content (AvgIpc) is 2.13. The second-order valence-corrected chi connectivity index (χ2v) is 4.70. The molecule has 0 aromatic carbocycles. The van der Waals surface area contributed by atoms with Crippen molar-refractivity contribution in [2.24, 2.45) is 5.41 Å². The van der Waals surface area contributed by atoms with Crippen LogP contribution in [0.15, 0.2) is 24.5 Å². The fourth-order valence-corrected chi connectivity index (χ4v) is 1.23. The minimum absolute atomic E-state index is 0.404. The lowest BCUT2D eigenvalue weighted by Crippen LogP contribution is -2.07. The highest BCUT2D eigenvalue weighted by atomic mass is 16.5. The molecule has 0 radical (unpaired) electrons. The SMILES string of the molecule is CC(C)(C)CCCOc1ccncc1. The second-order valence-electron chi connectivity index (χ2n) is 4.70. The van der Waals surface area contributed by atoms with Crippen LogP contribution in [0.5, 0.6) is 5.75 Å². The first-order chi connectivity index (χ1) is 6.58. The van der Waals surface area contributed by atoms with Crippen molar-refractivity contribution in [3.05, 3.63) is 24.5 Å². The molecule has 0 aliphatic rings. The van der Waals surface area contributed by atoms with Gasteiger partial charge in [0.1, 0.15) is 5.75 Å². The van der Waals surface area contributed by atoms with Crippen molar-refractivity contribution in [1.29, 1.82) is 0 Å². The second kappa shape index (κ2) is 4.99. The van der Waals surface area contributed by atoms with E-state index in [0.29, 0.717) is 5.41 Å². The molecular formula is C12H19NO. The summed E-state index contributed by atoms with van der Waals surface area (Å²) in [4.78, 5) is 3.93. The Kier molecular flexibility index (Phi) is 3.93. The fourth-order valence-electron chi connectivity index (χ4n) is 1.23. The molecule has 2 nitrogen and oxygen atoms in total. The Hall–Kier alpha value is -1.05. The van der Waals surface area contributed by atoms with E-state index in [1.54, 1.807) is 12.4 Å². The third-order valence-electron chi connectivity index (χ3n) is 1.99. The number of aromatic nitrogens is 1. The van der Waals surface area contributed by atoms with Crippen LogP contribution in [0.3, 0.4) is 0 Å². The molecule has 0 unspecified atom stereocenters.